The monoisotopic (exact) mass is 181 g/mol. The van der Waals surface area contributed by atoms with Gasteiger partial charge in [-0.3, -0.25) is 0 Å². The maximum Gasteiger partial charge on any atom is 0.184 e. The minimum atomic E-state index is 0.646. The van der Waals surface area contributed by atoms with E-state index >= 15 is 0 Å². The van der Waals surface area contributed by atoms with E-state index in [1.54, 1.807) is 12.1 Å². The smallest absolute Gasteiger partial charge is 0.184 e. The van der Waals surface area contributed by atoms with Crippen LogP contribution in [-0.2, 0) is 0 Å². The van der Waals surface area contributed by atoms with Gasteiger partial charge in [0.05, 0.1) is 6.61 Å². The average molecular weight is 181 g/mol. The molecule has 0 saturated heterocycles. The molecule has 3 nitrogen and oxygen atoms in total. The molecule has 0 radical (unpaired) electrons. The van der Waals surface area contributed by atoms with Crippen molar-refractivity contribution in [2.75, 3.05) is 6.61 Å². The fourth-order valence-corrected chi connectivity index (χ4v) is 0.908. The molecule has 1 aromatic rings. The van der Waals surface area contributed by atoms with Crippen molar-refractivity contribution in [1.82, 2.24) is 0 Å². The zero-order valence-electron chi connectivity index (χ0n) is 8.06. The van der Waals surface area contributed by atoms with Gasteiger partial charge in [0.25, 0.3) is 0 Å². The molecule has 3 heteroatoms. The molecule has 13 heavy (non-hydrogen) atoms. The minimum absolute atomic E-state index is 0.646. The van der Waals surface area contributed by atoms with Crippen LogP contribution >= 0.6 is 0 Å². The molecular formula is C10H15NO2. The van der Waals surface area contributed by atoms with Crippen molar-refractivity contribution in [3.05, 3.63) is 29.7 Å². The van der Waals surface area contributed by atoms with Gasteiger partial charge in [0.2, 0.25) is 0 Å². The van der Waals surface area contributed by atoms with Gasteiger partial charge in [-0.25, -0.2) is 0 Å². The van der Waals surface area contributed by atoms with Crippen LogP contribution < -0.4 is 9.47 Å². The standard InChI is InChI=1S/C10H15NO2/c1-9(2)5-8-13-10-3-6-11(12)7-4-10/h3-4,6-7,9H,5,8H2,1-2H3. The van der Waals surface area contributed by atoms with Crippen LogP contribution in [0.5, 0.6) is 5.75 Å². The summed E-state index contributed by atoms with van der Waals surface area (Å²) >= 11 is 0. The van der Waals surface area contributed by atoms with Crippen molar-refractivity contribution in [3.8, 4) is 5.75 Å². The molecule has 0 bridgehead atoms. The number of pyridine rings is 1. The highest BCUT2D eigenvalue weighted by atomic mass is 16.5. The zero-order valence-corrected chi connectivity index (χ0v) is 8.06. The summed E-state index contributed by atoms with van der Waals surface area (Å²) in [6.07, 6.45) is 3.90. The van der Waals surface area contributed by atoms with Crippen molar-refractivity contribution >= 4 is 0 Å². The predicted molar refractivity (Wildman–Crippen MR) is 50.4 cm³/mol. The average Bonchev–Trinajstić information content (AvgIpc) is 2.08. The van der Waals surface area contributed by atoms with Crippen molar-refractivity contribution in [3.63, 3.8) is 0 Å². The third-order valence-corrected chi connectivity index (χ3v) is 1.74. The van der Waals surface area contributed by atoms with E-state index in [2.05, 4.69) is 13.8 Å². The Kier molecular flexibility index (Phi) is 3.55. The second-order valence-electron chi connectivity index (χ2n) is 3.42. The lowest BCUT2D eigenvalue weighted by Crippen LogP contribution is -2.23. The SMILES string of the molecule is CC(C)CCOc1cc[n+]([O-])cc1. The second kappa shape index (κ2) is 4.70. The van der Waals surface area contributed by atoms with E-state index in [1.165, 1.54) is 12.4 Å². The van der Waals surface area contributed by atoms with Gasteiger partial charge < -0.3 is 9.94 Å². The quantitative estimate of drug-likeness (QED) is 0.524. The van der Waals surface area contributed by atoms with Gasteiger partial charge in [-0.2, -0.15) is 4.73 Å². The van der Waals surface area contributed by atoms with Crippen LogP contribution in [0.1, 0.15) is 20.3 Å². The first-order valence-electron chi connectivity index (χ1n) is 4.50. The van der Waals surface area contributed by atoms with Crippen LogP contribution in [0.15, 0.2) is 24.5 Å². The Balaban J connectivity index is 2.33. The first-order chi connectivity index (χ1) is 6.18. The molecule has 0 N–H and O–H groups in total. The normalized spacial score (nSPS) is 10.4. The molecule has 0 aliphatic carbocycles. The maximum atomic E-state index is 10.7. The van der Waals surface area contributed by atoms with Crippen LogP contribution in [0.3, 0.4) is 0 Å². The molecule has 0 unspecified atom stereocenters. The van der Waals surface area contributed by atoms with Crippen LogP contribution in [0.25, 0.3) is 0 Å². The molecule has 0 aliphatic rings. The van der Waals surface area contributed by atoms with Crippen molar-refractivity contribution in [2.45, 2.75) is 20.3 Å². The third-order valence-electron chi connectivity index (χ3n) is 1.74. The summed E-state index contributed by atoms with van der Waals surface area (Å²) in [6, 6.07) is 3.35. The Morgan fingerprint density at radius 3 is 2.54 bits per heavy atom. The van der Waals surface area contributed by atoms with Gasteiger partial charge in [-0.1, -0.05) is 13.8 Å². The summed E-state index contributed by atoms with van der Waals surface area (Å²) in [7, 11) is 0. The lowest BCUT2D eigenvalue weighted by Gasteiger charge is -2.07. The molecule has 0 fully saturated rings. The molecule has 0 aliphatic heterocycles. The first kappa shape index (κ1) is 9.84. The summed E-state index contributed by atoms with van der Waals surface area (Å²) in [4.78, 5) is 0. The van der Waals surface area contributed by atoms with Crippen molar-refractivity contribution in [2.24, 2.45) is 5.92 Å². The van der Waals surface area contributed by atoms with E-state index < -0.39 is 0 Å². The van der Waals surface area contributed by atoms with E-state index in [-0.39, 0.29) is 0 Å². The predicted octanol–water partition coefficient (Wildman–Crippen LogP) is 1.74. The number of aromatic nitrogens is 1. The maximum absolute atomic E-state index is 10.7. The molecule has 0 aromatic carbocycles. The van der Waals surface area contributed by atoms with E-state index in [1.807, 2.05) is 0 Å². The minimum Gasteiger partial charge on any atom is -0.619 e. The van der Waals surface area contributed by atoms with Gasteiger partial charge in [-0.15, -0.1) is 0 Å². The highest BCUT2D eigenvalue weighted by molar-refractivity contribution is 5.14. The van der Waals surface area contributed by atoms with E-state index in [9.17, 15) is 5.21 Å². The van der Waals surface area contributed by atoms with Gasteiger partial charge in [-0.05, 0) is 12.3 Å². The number of rotatable bonds is 4. The largest absolute Gasteiger partial charge is 0.619 e. The highest BCUT2D eigenvalue weighted by Gasteiger charge is 1.97. The Bertz CT molecular complexity index is 244. The summed E-state index contributed by atoms with van der Waals surface area (Å²) in [5.74, 6) is 1.40. The van der Waals surface area contributed by atoms with Gasteiger partial charge >= 0.3 is 0 Å². The molecule has 0 amide bonds. The summed E-state index contributed by atoms with van der Waals surface area (Å²) in [5.41, 5.74) is 0. The molecular weight excluding hydrogens is 166 g/mol. The molecule has 0 spiro atoms. The zero-order chi connectivity index (χ0) is 9.68. The topological polar surface area (TPSA) is 36.2 Å². The lowest BCUT2D eigenvalue weighted by atomic mass is 10.1. The van der Waals surface area contributed by atoms with Crippen LogP contribution in [0.2, 0.25) is 0 Å². The second-order valence-corrected chi connectivity index (χ2v) is 3.42. The van der Waals surface area contributed by atoms with Crippen LogP contribution in [-0.4, -0.2) is 6.61 Å². The van der Waals surface area contributed by atoms with Crippen molar-refractivity contribution < 1.29 is 9.47 Å². The molecule has 1 aromatic heterocycles. The molecule has 1 heterocycles. The Labute approximate surface area is 78.5 Å². The van der Waals surface area contributed by atoms with E-state index in [0.717, 1.165) is 16.9 Å². The van der Waals surface area contributed by atoms with E-state index in [0.29, 0.717) is 12.5 Å². The Morgan fingerprint density at radius 1 is 1.38 bits per heavy atom. The molecule has 0 saturated carbocycles. The van der Waals surface area contributed by atoms with Gasteiger partial charge in [0, 0.05) is 12.1 Å². The molecule has 0 atom stereocenters. The lowest BCUT2D eigenvalue weighted by molar-refractivity contribution is -0.605. The summed E-state index contributed by atoms with van der Waals surface area (Å²) < 4.78 is 6.16. The Morgan fingerprint density at radius 2 is 2.00 bits per heavy atom. The highest BCUT2D eigenvalue weighted by Crippen LogP contribution is 2.08. The number of hydrogen-bond donors (Lipinski definition) is 0. The summed E-state index contributed by atoms with van der Waals surface area (Å²) in [5, 5.41) is 10.7. The number of ether oxygens (including phenoxy) is 1. The van der Waals surface area contributed by atoms with E-state index in [4.69, 9.17) is 4.74 Å². The summed E-state index contributed by atoms with van der Waals surface area (Å²) in [6.45, 7) is 5.01. The van der Waals surface area contributed by atoms with Gasteiger partial charge in [0.15, 0.2) is 12.4 Å². The Hall–Kier alpha value is -1.25. The number of hydrogen-bond acceptors (Lipinski definition) is 2. The fourth-order valence-electron chi connectivity index (χ4n) is 0.908. The van der Waals surface area contributed by atoms with Gasteiger partial charge in [0.1, 0.15) is 5.75 Å². The van der Waals surface area contributed by atoms with Crippen molar-refractivity contribution in [1.29, 1.82) is 0 Å². The fraction of sp³-hybridized carbons (Fsp3) is 0.500. The first-order valence-corrected chi connectivity index (χ1v) is 4.50. The third kappa shape index (κ3) is 3.78. The van der Waals surface area contributed by atoms with Crippen LogP contribution in [0, 0.1) is 11.1 Å². The van der Waals surface area contributed by atoms with Crippen LogP contribution in [0.4, 0.5) is 0 Å². The molecule has 1 rings (SSSR count). The number of nitrogens with zero attached hydrogens (tertiary/aromatic N) is 1. The molecule has 72 valence electrons.